The number of fused-ring (bicyclic) bond motifs is 1. The molecule has 0 saturated heterocycles. The first-order valence-corrected chi connectivity index (χ1v) is 10.0. The first-order valence-electron chi connectivity index (χ1n) is 9.23. The Morgan fingerprint density at radius 3 is 2.66 bits per heavy atom. The lowest BCUT2D eigenvalue weighted by atomic mass is 10.00. The molecule has 8 nitrogen and oxygen atoms in total. The zero-order valence-electron chi connectivity index (χ0n) is 16.9. The maximum absolute atomic E-state index is 12.5. The number of halogens is 2. The number of rotatable bonds is 5. The molecule has 3 aromatic heterocycles. The van der Waals surface area contributed by atoms with Gasteiger partial charge in [0.25, 0.3) is 0 Å². The van der Waals surface area contributed by atoms with E-state index >= 15 is 0 Å². The maximum Gasteiger partial charge on any atom is 0.338 e. The lowest BCUT2D eigenvalue weighted by molar-refractivity contribution is -0.296. The molecule has 0 aliphatic rings. The van der Waals surface area contributed by atoms with Gasteiger partial charge in [-0.1, -0.05) is 25.4 Å². The normalized spacial score (nSPS) is 11.2. The number of aromatic nitrogens is 4. The van der Waals surface area contributed by atoms with E-state index in [1.807, 2.05) is 27.0 Å². The number of carbonyl (C=O) groups excluding carboxylic acids is 1. The summed E-state index contributed by atoms with van der Waals surface area (Å²) in [6.45, 7) is 8.68. The van der Waals surface area contributed by atoms with Gasteiger partial charge in [-0.3, -0.25) is 9.69 Å². The maximum atomic E-state index is 12.5. The summed E-state index contributed by atoms with van der Waals surface area (Å²) in [5.41, 5.74) is 6.14. The average molecular weight is 437 g/mol. The molecule has 3 heterocycles. The standard InChI is InChI=1S/C19H23Cl2N7O/c1-6-28(26-19(29)22-12-7-14(20)23-15(21)8-12)16-9-13(10(2)3)17-11(4)25-27(5)18(17)24-16/h7-10,20H,6H2,1-5H3,(H-,22,23,26,29)/p+1. The van der Waals surface area contributed by atoms with Crippen molar-refractivity contribution in [3.63, 3.8) is 0 Å². The summed E-state index contributed by atoms with van der Waals surface area (Å²) in [5, 5.41) is 10.5. The van der Waals surface area contributed by atoms with Crippen LogP contribution in [0.4, 0.5) is 16.3 Å². The molecule has 0 aliphatic heterocycles. The van der Waals surface area contributed by atoms with Crippen LogP contribution < -0.4 is 15.8 Å². The van der Waals surface area contributed by atoms with Crippen molar-refractivity contribution in [2.75, 3.05) is 16.9 Å². The number of hydrogen-bond donors (Lipinski definition) is 2. The predicted molar refractivity (Wildman–Crippen MR) is 112 cm³/mol. The quantitative estimate of drug-likeness (QED) is 0.470. The zero-order valence-corrected chi connectivity index (χ0v) is 18.5. The van der Waals surface area contributed by atoms with Crippen molar-refractivity contribution in [3.8, 4) is 0 Å². The van der Waals surface area contributed by atoms with E-state index in [0.29, 0.717) is 23.2 Å². The zero-order chi connectivity index (χ0) is 21.3. The van der Waals surface area contributed by atoms with E-state index in [1.54, 1.807) is 15.8 Å². The van der Waals surface area contributed by atoms with Crippen molar-refractivity contribution in [1.82, 2.24) is 25.2 Å². The second kappa shape index (κ2) is 8.42. The SMILES string of the molecule is CCN(NC(=O)Nc1cc(Cl)nc([ClH+])c1)c1cc(C(C)C)c2c(C)nn(C)c2n1. The molecule has 2 N–H and O–H groups in total. The van der Waals surface area contributed by atoms with Crippen molar-refractivity contribution in [1.29, 1.82) is 0 Å². The Labute approximate surface area is 179 Å². The van der Waals surface area contributed by atoms with E-state index in [1.165, 1.54) is 6.07 Å². The number of hydrogen-bond acceptors (Lipinski definition) is 5. The molecule has 0 aromatic carbocycles. The third-order valence-corrected chi connectivity index (χ3v) is 4.87. The van der Waals surface area contributed by atoms with Crippen molar-refractivity contribution >= 4 is 40.2 Å². The Balaban J connectivity index is 1.90. The van der Waals surface area contributed by atoms with Crippen LogP contribution in [0, 0.1) is 18.5 Å². The van der Waals surface area contributed by atoms with Gasteiger partial charge in [-0.05, 0) is 37.5 Å². The van der Waals surface area contributed by atoms with Crippen LogP contribution in [0.25, 0.3) is 11.0 Å². The van der Waals surface area contributed by atoms with Crippen LogP contribution in [0.5, 0.6) is 0 Å². The van der Waals surface area contributed by atoms with Crippen molar-refractivity contribution in [3.05, 3.63) is 39.8 Å². The number of amides is 2. The fraction of sp³-hybridized carbons (Fsp3) is 0.368. The number of nitrogens with zero attached hydrogens (tertiary/aromatic N) is 5. The van der Waals surface area contributed by atoms with E-state index in [-0.39, 0.29) is 11.1 Å². The lowest BCUT2D eigenvalue weighted by Crippen LogP contribution is -2.45. The minimum atomic E-state index is -0.433. The van der Waals surface area contributed by atoms with Crippen LogP contribution >= 0.6 is 11.6 Å². The minimum Gasteiger partial charge on any atom is -0.306 e. The van der Waals surface area contributed by atoms with Crippen molar-refractivity contribution < 1.29 is 16.4 Å². The van der Waals surface area contributed by atoms with Gasteiger partial charge in [0.2, 0.25) is 0 Å². The summed E-state index contributed by atoms with van der Waals surface area (Å²) in [7, 11) is 1.87. The van der Waals surface area contributed by atoms with Crippen LogP contribution in [0.15, 0.2) is 18.2 Å². The summed E-state index contributed by atoms with van der Waals surface area (Å²) < 4.78 is 1.76. The molecule has 154 valence electrons. The highest BCUT2D eigenvalue weighted by Crippen LogP contribution is 2.30. The Hall–Kier alpha value is -2.58. The number of nitrogens with one attached hydrogen (secondary N) is 2. The molecule has 0 atom stereocenters. The minimum absolute atomic E-state index is 0.223. The number of urea groups is 1. The molecule has 0 spiro atoms. The van der Waals surface area contributed by atoms with Crippen molar-refractivity contribution in [2.24, 2.45) is 7.05 Å². The highest BCUT2D eigenvalue weighted by atomic mass is 35.5. The number of hydrazine groups is 1. The molecule has 0 radical (unpaired) electrons. The van der Waals surface area contributed by atoms with Crippen LogP contribution in [-0.4, -0.2) is 32.3 Å². The Morgan fingerprint density at radius 1 is 1.31 bits per heavy atom. The van der Waals surface area contributed by atoms with Gasteiger partial charge >= 0.3 is 11.2 Å². The second-order valence-electron chi connectivity index (χ2n) is 6.96. The Bertz CT molecular complexity index is 1040. The summed E-state index contributed by atoms with van der Waals surface area (Å²) in [6, 6.07) is 4.66. The summed E-state index contributed by atoms with van der Waals surface area (Å²) in [6.07, 6.45) is 0. The molecular weight excluding hydrogens is 413 g/mol. The van der Waals surface area contributed by atoms with Gasteiger partial charge in [-0.2, -0.15) is 10.1 Å². The Kier molecular flexibility index (Phi) is 6.14. The summed E-state index contributed by atoms with van der Waals surface area (Å²) >= 11 is 10.9. The average Bonchev–Trinajstić information content (AvgIpc) is 2.92. The highest BCUT2D eigenvalue weighted by Gasteiger charge is 2.19. The molecule has 3 rings (SSSR count). The summed E-state index contributed by atoms with van der Waals surface area (Å²) in [5.74, 6) is 0.915. The van der Waals surface area contributed by atoms with Crippen LogP contribution in [0.1, 0.15) is 37.9 Å². The number of carbonyl (C=O) groups is 1. The van der Waals surface area contributed by atoms with Gasteiger partial charge in [0, 0.05) is 25.0 Å². The lowest BCUT2D eigenvalue weighted by Gasteiger charge is -2.24. The smallest absolute Gasteiger partial charge is 0.306 e. The number of pyridine rings is 2. The fourth-order valence-corrected chi connectivity index (χ4v) is 3.67. The number of anilines is 2. The fourth-order valence-electron chi connectivity index (χ4n) is 3.18. The number of aryl methyl sites for hydroxylation is 2. The van der Waals surface area contributed by atoms with Gasteiger partial charge in [-0.25, -0.2) is 15.2 Å². The molecule has 0 unspecified atom stereocenters. The molecule has 29 heavy (non-hydrogen) atoms. The second-order valence-corrected chi connectivity index (χ2v) is 7.76. The predicted octanol–water partition coefficient (Wildman–Crippen LogP) is 3.71. The highest BCUT2D eigenvalue weighted by molar-refractivity contribution is 6.29. The Morgan fingerprint density at radius 2 is 2.03 bits per heavy atom. The molecule has 0 aliphatic carbocycles. The third-order valence-electron chi connectivity index (χ3n) is 4.47. The van der Waals surface area contributed by atoms with Gasteiger partial charge in [0.05, 0.1) is 11.4 Å². The van der Waals surface area contributed by atoms with E-state index in [0.717, 1.165) is 22.3 Å². The van der Waals surface area contributed by atoms with Gasteiger partial charge < -0.3 is 5.32 Å². The van der Waals surface area contributed by atoms with Crippen LogP contribution in [0.2, 0.25) is 10.3 Å². The molecular formula is C19H24Cl2N7O+. The third kappa shape index (κ3) is 4.54. The van der Waals surface area contributed by atoms with E-state index in [4.69, 9.17) is 28.2 Å². The molecule has 0 bridgehead atoms. The first-order chi connectivity index (χ1) is 13.7. The van der Waals surface area contributed by atoms with E-state index < -0.39 is 6.03 Å². The van der Waals surface area contributed by atoms with E-state index in [9.17, 15) is 4.79 Å². The molecule has 10 heteroatoms. The van der Waals surface area contributed by atoms with E-state index in [2.05, 4.69) is 34.7 Å². The van der Waals surface area contributed by atoms with Crippen LogP contribution in [0.3, 0.4) is 0 Å². The van der Waals surface area contributed by atoms with Gasteiger partial charge in [0.1, 0.15) is 11.0 Å². The van der Waals surface area contributed by atoms with Gasteiger partial charge in [-0.15, -0.1) is 0 Å². The van der Waals surface area contributed by atoms with Gasteiger partial charge in [0.15, 0.2) is 17.2 Å². The molecule has 2 amide bonds. The summed E-state index contributed by atoms with van der Waals surface area (Å²) in [4.78, 5) is 21.2. The molecule has 0 saturated carbocycles. The monoisotopic (exact) mass is 436 g/mol. The van der Waals surface area contributed by atoms with Crippen molar-refractivity contribution in [2.45, 2.75) is 33.6 Å². The topological polar surface area (TPSA) is 88.0 Å². The molecule has 3 aromatic rings. The largest absolute Gasteiger partial charge is 0.338 e. The first kappa shape index (κ1) is 21.1. The van der Waals surface area contributed by atoms with Crippen LogP contribution in [-0.2, 0) is 7.05 Å². The molecule has 0 fully saturated rings.